The van der Waals surface area contributed by atoms with E-state index in [1.165, 1.54) is 6.04 Å². The lowest BCUT2D eigenvalue weighted by atomic mass is 10.2. The Kier molecular flexibility index (Phi) is 4.11. The molecule has 1 fully saturated rings. The normalized spacial score (nSPS) is 34.3. The SMILES string of the molecule is CC1(C)C[Si](C)(O[Si](C)(C)C)[Si](C)(C)[Si](C)(C)O1. The van der Waals surface area contributed by atoms with Crippen LogP contribution in [0.5, 0.6) is 0 Å². The highest BCUT2D eigenvalue weighted by Crippen LogP contribution is 2.45. The van der Waals surface area contributed by atoms with E-state index in [1.54, 1.807) is 0 Å². The molecule has 1 atom stereocenters. The van der Waals surface area contributed by atoms with E-state index in [1.807, 2.05) is 0 Å². The van der Waals surface area contributed by atoms with E-state index in [9.17, 15) is 0 Å². The number of hydrogen-bond donors (Lipinski definition) is 0. The van der Waals surface area contributed by atoms with Gasteiger partial charge in [-0.15, -0.1) is 0 Å². The Hall–Kier alpha value is 0.788. The first-order valence-electron chi connectivity index (χ1n) is 7.02. The minimum absolute atomic E-state index is 0.0267. The van der Waals surface area contributed by atoms with Crippen molar-refractivity contribution in [3.8, 4) is 0 Å². The molecule has 1 rings (SSSR count). The summed E-state index contributed by atoms with van der Waals surface area (Å²) >= 11 is 0. The van der Waals surface area contributed by atoms with Gasteiger partial charge in [0.1, 0.15) is 0 Å². The van der Waals surface area contributed by atoms with E-state index in [0.29, 0.717) is 0 Å². The predicted octanol–water partition coefficient (Wildman–Crippen LogP) is 4.29. The van der Waals surface area contributed by atoms with E-state index in [4.69, 9.17) is 8.54 Å². The molecule has 1 aliphatic heterocycles. The van der Waals surface area contributed by atoms with Crippen molar-refractivity contribution in [1.29, 1.82) is 0 Å². The van der Waals surface area contributed by atoms with Crippen LogP contribution in [0, 0.1) is 0 Å². The molecule has 0 aromatic carbocycles. The third-order valence-corrected chi connectivity index (χ3v) is 46.0. The predicted molar refractivity (Wildman–Crippen MR) is 91.0 cm³/mol. The van der Waals surface area contributed by atoms with Crippen molar-refractivity contribution in [3.05, 3.63) is 0 Å². The molecule has 1 aliphatic rings. The molecule has 0 spiro atoms. The van der Waals surface area contributed by atoms with Crippen molar-refractivity contribution in [2.45, 2.75) is 77.9 Å². The summed E-state index contributed by atoms with van der Waals surface area (Å²) in [7, 11) is -6.09. The van der Waals surface area contributed by atoms with Gasteiger partial charge in [0.05, 0.1) is 7.11 Å². The maximum atomic E-state index is 6.85. The molecule has 0 radical (unpaired) electrons. The summed E-state index contributed by atoms with van der Waals surface area (Å²) in [6.45, 7) is 24.0. The van der Waals surface area contributed by atoms with Crippen LogP contribution in [0.1, 0.15) is 13.8 Å². The standard InChI is InChI=1S/C12H32O2Si4/c1-12(2)11-18(10,14-15(3,4)5)17(8,9)16(6,7)13-12/h11H2,1-10H3. The second kappa shape index (κ2) is 4.39. The Labute approximate surface area is 117 Å². The summed E-state index contributed by atoms with van der Waals surface area (Å²) in [5.41, 5.74) is 0.0267. The summed E-state index contributed by atoms with van der Waals surface area (Å²) in [4.78, 5) is 0. The van der Waals surface area contributed by atoms with E-state index in [-0.39, 0.29) is 5.60 Å². The number of rotatable bonds is 2. The Morgan fingerprint density at radius 2 is 1.44 bits per heavy atom. The summed E-state index contributed by atoms with van der Waals surface area (Å²) in [6, 6.07) is 1.18. The van der Waals surface area contributed by atoms with Crippen LogP contribution < -0.4 is 0 Å². The van der Waals surface area contributed by atoms with Gasteiger partial charge in [-0.3, -0.25) is 0 Å². The molecule has 0 bridgehead atoms. The highest BCUT2D eigenvalue weighted by molar-refractivity contribution is 7.67. The quantitative estimate of drug-likeness (QED) is 0.707. The molecule has 0 saturated carbocycles. The van der Waals surface area contributed by atoms with E-state index in [0.717, 1.165) is 0 Å². The van der Waals surface area contributed by atoms with Gasteiger partial charge in [-0.1, -0.05) is 13.1 Å². The molecule has 1 heterocycles. The maximum Gasteiger partial charge on any atom is 0.174 e. The summed E-state index contributed by atoms with van der Waals surface area (Å²) in [5, 5.41) is 0. The second-order valence-electron chi connectivity index (χ2n) is 8.62. The summed E-state index contributed by atoms with van der Waals surface area (Å²) < 4.78 is 13.4. The van der Waals surface area contributed by atoms with Crippen molar-refractivity contribution >= 4 is 31.1 Å². The molecule has 0 N–H and O–H groups in total. The fourth-order valence-electron chi connectivity index (χ4n) is 3.36. The minimum atomic E-state index is -1.63. The van der Waals surface area contributed by atoms with E-state index in [2.05, 4.69) is 66.2 Å². The van der Waals surface area contributed by atoms with Gasteiger partial charge in [-0.25, -0.2) is 0 Å². The van der Waals surface area contributed by atoms with Gasteiger partial charge >= 0.3 is 0 Å². The van der Waals surface area contributed by atoms with Gasteiger partial charge in [0, 0.05) is 5.60 Å². The maximum absolute atomic E-state index is 6.85. The van der Waals surface area contributed by atoms with Crippen LogP contribution in [0.15, 0.2) is 0 Å². The highest BCUT2D eigenvalue weighted by Gasteiger charge is 2.64. The van der Waals surface area contributed by atoms with Crippen LogP contribution in [-0.2, 0) is 8.54 Å². The summed E-state index contributed by atoms with van der Waals surface area (Å²) in [5.74, 6) is 0. The third-order valence-electron chi connectivity index (χ3n) is 4.65. The Bertz CT molecular complexity index is 329. The van der Waals surface area contributed by atoms with Crippen LogP contribution in [0.2, 0.25) is 58.4 Å². The van der Waals surface area contributed by atoms with Gasteiger partial charge in [0.2, 0.25) is 0 Å². The molecule has 18 heavy (non-hydrogen) atoms. The molecule has 0 aliphatic carbocycles. The molecule has 0 aromatic heterocycles. The molecular formula is C12H32O2Si4. The zero-order valence-electron chi connectivity index (χ0n) is 14.0. The van der Waals surface area contributed by atoms with Gasteiger partial charge in [0.25, 0.3) is 0 Å². The average molecular weight is 321 g/mol. The lowest BCUT2D eigenvalue weighted by Crippen LogP contribution is -2.80. The fourth-order valence-corrected chi connectivity index (χ4v) is 42.5. The Morgan fingerprint density at radius 1 is 1.00 bits per heavy atom. The minimum Gasteiger partial charge on any atom is -0.458 e. The zero-order valence-corrected chi connectivity index (χ0v) is 18.0. The first kappa shape index (κ1) is 16.8. The Morgan fingerprint density at radius 3 is 1.83 bits per heavy atom. The highest BCUT2D eigenvalue weighted by atomic mass is 29.7. The fraction of sp³-hybridized carbons (Fsp3) is 1.00. The zero-order chi connectivity index (χ0) is 14.6. The van der Waals surface area contributed by atoms with Gasteiger partial charge < -0.3 is 8.54 Å². The van der Waals surface area contributed by atoms with Crippen LogP contribution in [0.25, 0.3) is 0 Å². The molecule has 6 heteroatoms. The topological polar surface area (TPSA) is 18.5 Å². The molecule has 1 saturated heterocycles. The molecular weight excluding hydrogens is 288 g/mol. The first-order chi connectivity index (χ1) is 7.62. The van der Waals surface area contributed by atoms with E-state index >= 15 is 0 Å². The third kappa shape index (κ3) is 3.09. The lowest BCUT2D eigenvalue weighted by molar-refractivity contribution is 0.118. The second-order valence-corrected chi connectivity index (χ2v) is 38.7. The monoisotopic (exact) mass is 320 g/mol. The molecule has 0 aromatic rings. The molecule has 108 valence electrons. The van der Waals surface area contributed by atoms with Crippen molar-refractivity contribution in [1.82, 2.24) is 0 Å². The summed E-state index contributed by atoms with van der Waals surface area (Å²) in [6.07, 6.45) is 0. The van der Waals surface area contributed by atoms with Crippen molar-refractivity contribution in [3.63, 3.8) is 0 Å². The molecule has 0 amide bonds. The molecule has 1 unspecified atom stereocenters. The van der Waals surface area contributed by atoms with Crippen molar-refractivity contribution in [2.75, 3.05) is 0 Å². The molecule has 2 nitrogen and oxygen atoms in total. The van der Waals surface area contributed by atoms with Gasteiger partial charge in [-0.05, 0) is 59.2 Å². The van der Waals surface area contributed by atoms with Gasteiger partial charge in [0.15, 0.2) is 24.0 Å². The van der Waals surface area contributed by atoms with Crippen LogP contribution in [0.4, 0.5) is 0 Å². The van der Waals surface area contributed by atoms with Crippen molar-refractivity contribution in [2.24, 2.45) is 0 Å². The van der Waals surface area contributed by atoms with Crippen LogP contribution >= 0.6 is 0 Å². The van der Waals surface area contributed by atoms with E-state index < -0.39 is 31.1 Å². The smallest absolute Gasteiger partial charge is 0.174 e. The lowest BCUT2D eigenvalue weighted by Gasteiger charge is -2.59. The van der Waals surface area contributed by atoms with Crippen molar-refractivity contribution < 1.29 is 8.54 Å². The van der Waals surface area contributed by atoms with Gasteiger partial charge in [-0.2, -0.15) is 0 Å². The van der Waals surface area contributed by atoms with Crippen LogP contribution in [-0.4, -0.2) is 36.7 Å². The largest absolute Gasteiger partial charge is 0.458 e. The Balaban J connectivity index is 3.22. The van der Waals surface area contributed by atoms with Crippen LogP contribution in [0.3, 0.4) is 0 Å². The first-order valence-corrected chi connectivity index (χ1v) is 21.0. The number of hydrogen-bond acceptors (Lipinski definition) is 2. The average Bonchev–Trinajstić information content (AvgIpc) is 1.92.